The van der Waals surface area contributed by atoms with Crippen molar-refractivity contribution >= 4 is 22.3 Å². The summed E-state index contributed by atoms with van der Waals surface area (Å²) in [5.41, 5.74) is -3.11. The molecule has 0 aromatic rings. The van der Waals surface area contributed by atoms with Crippen molar-refractivity contribution in [2.24, 2.45) is 50.7 Å². The van der Waals surface area contributed by atoms with E-state index in [0.717, 1.165) is 25.5 Å². The van der Waals surface area contributed by atoms with E-state index in [1.807, 2.05) is 6.92 Å². The lowest BCUT2D eigenvalue weighted by molar-refractivity contribution is -0.321. The van der Waals surface area contributed by atoms with E-state index in [2.05, 4.69) is 44.9 Å². The number of esters is 2. The molecule has 0 spiro atoms. The fourth-order valence-corrected chi connectivity index (χ4v) is 14.6. The fraction of sp³-hybridized carbons (Fsp3) is 0.907. The van der Waals surface area contributed by atoms with E-state index >= 15 is 0 Å². The molecule has 2 heterocycles. The average Bonchev–Trinajstić information content (AvgIpc) is 3.19. The van der Waals surface area contributed by atoms with Gasteiger partial charge in [-0.2, -0.15) is 8.42 Å². The van der Waals surface area contributed by atoms with Crippen molar-refractivity contribution in [3.05, 3.63) is 11.6 Å². The number of aliphatic hydroxyl groups excluding tert-OH is 6. The topological polar surface area (TPSA) is 286 Å². The van der Waals surface area contributed by atoms with Gasteiger partial charge in [-0.3, -0.25) is 9.35 Å². The van der Waals surface area contributed by atoms with Gasteiger partial charge in [-0.25, -0.2) is 8.98 Å². The summed E-state index contributed by atoms with van der Waals surface area (Å²) < 4.78 is 65.9. The monoisotopic (exact) mass is 904 g/mol. The van der Waals surface area contributed by atoms with E-state index in [9.17, 15) is 58.3 Å². The van der Waals surface area contributed by atoms with Crippen molar-refractivity contribution < 1.29 is 86.2 Å². The molecular weight excluding hydrogens is 837 g/mol. The van der Waals surface area contributed by atoms with Gasteiger partial charge in [-0.15, -0.1) is 0 Å². The first-order chi connectivity index (χ1) is 28.7. The third-order valence-corrected chi connectivity index (χ3v) is 18.4. The molecule has 19 heteroatoms. The fourth-order valence-electron chi connectivity index (χ4n) is 14.1. The Balaban J connectivity index is 1.17. The lowest BCUT2D eigenvalue weighted by Gasteiger charge is -2.72. The number of fused-ring (bicyclic) bond motifs is 7. The van der Waals surface area contributed by atoms with E-state index in [1.54, 1.807) is 6.92 Å². The molecule has 0 radical (unpaired) electrons. The van der Waals surface area contributed by atoms with Gasteiger partial charge >= 0.3 is 22.3 Å². The second kappa shape index (κ2) is 16.2. The Labute approximate surface area is 363 Å². The van der Waals surface area contributed by atoms with Crippen LogP contribution >= 0.6 is 0 Å². The standard InChI is InChI=1S/C43H68O18S/c1-20-11-16-43(37(51)60-35-28(47)27(46)26(45)22(19-44)57-35)18-17-40(5)21(33(43)42(20,7)52)9-10-24-39(4)14-13-25(38(2,3)23(39)12-15-41(24,40)6)58-36-30(49)31(61-62(53,54)55)29(48)32(59-36)34(50)56-8/h9,20,22-33,35-36,44-49,52H,10-19H2,1-8H3,(H,53,54,55)/t20-,22-,23+,24-,25+,26-,27+,28-,29+,30-,31+,32+,33-,35+,36-,39+,40-,41-,42-,43+/m1/s1. The van der Waals surface area contributed by atoms with Crippen molar-refractivity contribution in [3.8, 4) is 0 Å². The van der Waals surface area contributed by atoms with Crippen LogP contribution in [0.2, 0.25) is 0 Å². The third-order valence-electron chi connectivity index (χ3n) is 18.0. The molecule has 0 aromatic carbocycles. The Bertz CT molecular complexity index is 1870. The number of allylic oxidation sites excluding steroid dienone is 1. The summed E-state index contributed by atoms with van der Waals surface area (Å²) in [6.07, 6.45) is -10.4. The first kappa shape index (κ1) is 48.1. The van der Waals surface area contributed by atoms with Gasteiger partial charge in [0.15, 0.2) is 12.4 Å². The summed E-state index contributed by atoms with van der Waals surface area (Å²) >= 11 is 0. The average molecular weight is 905 g/mol. The number of hydrogen-bond donors (Lipinski definition) is 8. The lowest BCUT2D eigenvalue weighted by atomic mass is 9.33. The van der Waals surface area contributed by atoms with Gasteiger partial charge in [0.1, 0.15) is 42.7 Å². The van der Waals surface area contributed by atoms with E-state index in [1.165, 1.54) is 0 Å². The predicted octanol–water partition coefficient (Wildman–Crippen LogP) is 1.29. The lowest BCUT2D eigenvalue weighted by Crippen LogP contribution is -2.68. The first-order valence-electron chi connectivity index (χ1n) is 22.0. The Morgan fingerprint density at radius 3 is 2.13 bits per heavy atom. The second-order valence-electron chi connectivity index (χ2n) is 21.1. The molecule has 20 atom stereocenters. The SMILES string of the molecule is COC(=O)[C@H]1O[C@@H](O[C@H]2CC[C@]3(C)[C@H]4CC=C5[C@H]6[C@](C(=O)O[C@@H]7O[C@H](CO)[C@@H](O)[C@H](O)[C@H]7O)(CC[C@@H](C)[C@@]6(C)O)CC[C@@]5(C)[C@]4(C)CC[C@H]3C2(C)C)[C@H](O)[C@@H](OS(=O)(=O)O)[C@@H]1O. The number of aliphatic hydroxyl groups is 7. The molecule has 18 nitrogen and oxygen atoms in total. The predicted molar refractivity (Wildman–Crippen MR) is 214 cm³/mol. The van der Waals surface area contributed by atoms with Gasteiger partial charge in [-0.05, 0) is 104 Å². The van der Waals surface area contributed by atoms with Crippen LogP contribution in [0.25, 0.3) is 0 Å². The van der Waals surface area contributed by atoms with Crippen LogP contribution in [-0.2, 0) is 47.9 Å². The molecule has 5 aliphatic carbocycles. The van der Waals surface area contributed by atoms with Crippen LogP contribution in [0.1, 0.15) is 106 Å². The minimum atomic E-state index is -5.18. The summed E-state index contributed by atoms with van der Waals surface area (Å²) in [5, 5.41) is 76.0. The molecule has 7 rings (SSSR count). The number of ether oxygens (including phenoxy) is 5. The van der Waals surface area contributed by atoms with Crippen LogP contribution in [0.4, 0.5) is 0 Å². The van der Waals surface area contributed by atoms with Crippen molar-refractivity contribution in [1.82, 2.24) is 0 Å². The van der Waals surface area contributed by atoms with Gasteiger partial charge in [0.05, 0.1) is 30.8 Å². The highest BCUT2D eigenvalue weighted by Crippen LogP contribution is 2.76. The zero-order valence-corrected chi connectivity index (χ0v) is 37.7. The molecular formula is C43H68O18S. The van der Waals surface area contributed by atoms with Crippen LogP contribution in [-0.4, -0.2) is 147 Å². The first-order valence-corrected chi connectivity index (χ1v) is 23.4. The summed E-state index contributed by atoms with van der Waals surface area (Å²) in [6, 6.07) is 0. The molecule has 62 heavy (non-hydrogen) atoms. The summed E-state index contributed by atoms with van der Waals surface area (Å²) in [7, 11) is -4.13. The number of rotatable bonds is 8. The van der Waals surface area contributed by atoms with Crippen LogP contribution in [0, 0.1) is 50.7 Å². The van der Waals surface area contributed by atoms with Crippen LogP contribution in [0.3, 0.4) is 0 Å². The molecule has 0 unspecified atom stereocenters. The zero-order valence-electron chi connectivity index (χ0n) is 36.9. The largest absolute Gasteiger partial charge is 0.467 e. The van der Waals surface area contributed by atoms with Gasteiger partial charge in [-0.1, -0.05) is 53.2 Å². The van der Waals surface area contributed by atoms with Gasteiger partial charge < -0.3 is 59.4 Å². The van der Waals surface area contributed by atoms with Crippen LogP contribution < -0.4 is 0 Å². The Kier molecular flexibility index (Phi) is 12.6. The quantitative estimate of drug-likeness (QED) is 0.0737. The van der Waals surface area contributed by atoms with Gasteiger partial charge in [0, 0.05) is 5.92 Å². The smallest absolute Gasteiger partial charge is 0.397 e. The Morgan fingerprint density at radius 2 is 1.50 bits per heavy atom. The minimum absolute atomic E-state index is 0.0620. The molecule has 0 bridgehead atoms. The highest BCUT2D eigenvalue weighted by atomic mass is 32.3. The molecule has 7 aliphatic rings. The zero-order chi connectivity index (χ0) is 45.9. The second-order valence-corrected chi connectivity index (χ2v) is 22.1. The van der Waals surface area contributed by atoms with Crippen molar-refractivity contribution in [1.29, 1.82) is 0 Å². The van der Waals surface area contributed by atoms with E-state index in [0.29, 0.717) is 44.9 Å². The van der Waals surface area contributed by atoms with Crippen LogP contribution in [0.5, 0.6) is 0 Å². The number of carbonyl (C=O) groups is 2. The van der Waals surface area contributed by atoms with Crippen molar-refractivity contribution in [3.63, 3.8) is 0 Å². The number of carbonyl (C=O) groups excluding carboxylic acids is 2. The maximum atomic E-state index is 14.7. The van der Waals surface area contributed by atoms with Crippen molar-refractivity contribution in [2.45, 2.75) is 179 Å². The normalized spacial score (nSPS) is 51.4. The van der Waals surface area contributed by atoms with E-state index < -0.39 is 124 Å². The molecule has 354 valence electrons. The third kappa shape index (κ3) is 7.22. The molecule has 4 saturated carbocycles. The van der Waals surface area contributed by atoms with Crippen LogP contribution in [0.15, 0.2) is 11.6 Å². The highest BCUT2D eigenvalue weighted by Gasteiger charge is 2.72. The molecule has 8 N–H and O–H groups in total. The summed E-state index contributed by atoms with van der Waals surface area (Å²) in [4.78, 5) is 27.3. The molecule has 2 saturated heterocycles. The molecule has 6 fully saturated rings. The molecule has 0 aromatic heterocycles. The van der Waals surface area contributed by atoms with Crippen molar-refractivity contribution in [2.75, 3.05) is 13.7 Å². The Morgan fingerprint density at radius 1 is 0.823 bits per heavy atom. The van der Waals surface area contributed by atoms with E-state index in [4.69, 9.17) is 23.7 Å². The maximum Gasteiger partial charge on any atom is 0.397 e. The molecule has 2 aliphatic heterocycles. The molecule has 0 amide bonds. The van der Waals surface area contributed by atoms with Gasteiger partial charge in [0.25, 0.3) is 0 Å². The number of hydrogen-bond acceptors (Lipinski definition) is 17. The minimum Gasteiger partial charge on any atom is -0.467 e. The van der Waals surface area contributed by atoms with E-state index in [-0.39, 0.29) is 28.6 Å². The maximum absolute atomic E-state index is 14.7. The number of methoxy groups -OCH3 is 1. The highest BCUT2D eigenvalue weighted by molar-refractivity contribution is 7.80. The Hall–Kier alpha value is -1.85. The van der Waals surface area contributed by atoms with Gasteiger partial charge in [0.2, 0.25) is 6.29 Å². The summed E-state index contributed by atoms with van der Waals surface area (Å²) in [6.45, 7) is 14.2. The summed E-state index contributed by atoms with van der Waals surface area (Å²) in [5.74, 6) is -2.34.